The first-order valence-corrected chi connectivity index (χ1v) is 7.09. The van der Waals surface area contributed by atoms with Gasteiger partial charge < -0.3 is 8.94 Å². The summed E-state index contributed by atoms with van der Waals surface area (Å²) in [6.45, 7) is 0. The second-order valence-corrected chi connectivity index (χ2v) is 4.88. The van der Waals surface area contributed by atoms with Gasteiger partial charge in [-0.3, -0.25) is 15.2 Å². The van der Waals surface area contributed by atoms with Gasteiger partial charge in [-0.2, -0.15) is 4.98 Å². The largest absolute Gasteiger partial charge is 0.461 e. The molecule has 0 unspecified atom stereocenters. The van der Waals surface area contributed by atoms with Gasteiger partial charge in [-0.25, -0.2) is 0 Å². The number of amides is 1. The number of nitrogens with zero attached hydrogens (tertiary/aromatic N) is 3. The maximum atomic E-state index is 12.2. The number of H-pyrrole nitrogens is 1. The fourth-order valence-corrected chi connectivity index (χ4v) is 2.13. The Morgan fingerprint density at radius 3 is 2.79 bits per heavy atom. The van der Waals surface area contributed by atoms with Crippen LogP contribution in [-0.2, 0) is 0 Å². The Morgan fingerprint density at radius 2 is 2.00 bits per heavy atom. The lowest BCUT2D eigenvalue weighted by Crippen LogP contribution is -2.12. The zero-order chi connectivity index (χ0) is 16.4. The summed E-state index contributed by atoms with van der Waals surface area (Å²) in [4.78, 5) is 16.3. The quantitative estimate of drug-likeness (QED) is 0.598. The highest BCUT2D eigenvalue weighted by Gasteiger charge is 2.17. The van der Waals surface area contributed by atoms with Gasteiger partial charge in [-0.05, 0) is 12.1 Å². The average Bonchev–Trinajstić information content (AvgIpc) is 3.36. The number of hydrogen-bond donors (Lipinski definition) is 2. The van der Waals surface area contributed by atoms with Gasteiger partial charge >= 0.3 is 0 Å². The summed E-state index contributed by atoms with van der Waals surface area (Å²) >= 11 is 0. The van der Waals surface area contributed by atoms with Crippen LogP contribution in [0.1, 0.15) is 10.6 Å². The fourth-order valence-electron chi connectivity index (χ4n) is 2.13. The highest BCUT2D eigenvalue weighted by Crippen LogP contribution is 2.20. The lowest BCUT2D eigenvalue weighted by Gasteiger charge is -1.94. The molecule has 4 rings (SSSR count). The zero-order valence-electron chi connectivity index (χ0n) is 12.3. The van der Waals surface area contributed by atoms with Crippen molar-refractivity contribution < 1.29 is 13.7 Å². The molecule has 0 atom stereocenters. The van der Waals surface area contributed by atoms with E-state index in [2.05, 4.69) is 25.7 Å². The van der Waals surface area contributed by atoms with Crippen molar-refractivity contribution >= 4 is 11.9 Å². The average molecular weight is 321 g/mol. The van der Waals surface area contributed by atoms with Crippen molar-refractivity contribution in [2.75, 3.05) is 5.32 Å². The van der Waals surface area contributed by atoms with Crippen LogP contribution in [0.5, 0.6) is 0 Å². The molecule has 0 bridgehead atoms. The van der Waals surface area contributed by atoms with Crippen molar-refractivity contribution in [3.05, 3.63) is 60.6 Å². The highest BCUT2D eigenvalue weighted by atomic mass is 16.5. The highest BCUT2D eigenvalue weighted by molar-refractivity contribution is 6.01. The van der Waals surface area contributed by atoms with Gasteiger partial charge in [0.1, 0.15) is 5.69 Å². The molecular formula is C16H11N5O3. The van der Waals surface area contributed by atoms with E-state index in [0.717, 1.165) is 5.56 Å². The molecule has 8 heteroatoms. The molecule has 0 aliphatic rings. The van der Waals surface area contributed by atoms with Gasteiger partial charge in [0, 0.05) is 11.6 Å². The van der Waals surface area contributed by atoms with E-state index in [1.165, 1.54) is 6.26 Å². The van der Waals surface area contributed by atoms with Crippen LogP contribution in [-0.4, -0.2) is 26.2 Å². The number of aromatic amines is 1. The van der Waals surface area contributed by atoms with Gasteiger partial charge in [0.25, 0.3) is 5.91 Å². The van der Waals surface area contributed by atoms with E-state index < -0.39 is 5.91 Å². The molecule has 0 aliphatic heterocycles. The third-order valence-corrected chi connectivity index (χ3v) is 3.27. The van der Waals surface area contributed by atoms with Crippen molar-refractivity contribution in [1.29, 1.82) is 0 Å². The first-order valence-electron chi connectivity index (χ1n) is 7.09. The molecule has 0 saturated carbocycles. The topological polar surface area (TPSA) is 110 Å². The number of benzene rings is 1. The summed E-state index contributed by atoms with van der Waals surface area (Å²) in [6.07, 6.45) is 1.52. The fraction of sp³-hybridized carbons (Fsp3) is 0. The number of furan rings is 1. The van der Waals surface area contributed by atoms with Gasteiger partial charge in [0.05, 0.1) is 6.26 Å². The molecule has 1 amide bonds. The molecule has 0 aliphatic carbocycles. The Labute approximate surface area is 135 Å². The van der Waals surface area contributed by atoms with Crippen LogP contribution in [0.15, 0.2) is 63.7 Å². The molecular weight excluding hydrogens is 310 g/mol. The van der Waals surface area contributed by atoms with Crippen molar-refractivity contribution in [3.8, 4) is 22.8 Å². The summed E-state index contributed by atoms with van der Waals surface area (Å²) in [5.41, 5.74) is 1.44. The molecule has 0 saturated heterocycles. The van der Waals surface area contributed by atoms with Crippen LogP contribution >= 0.6 is 0 Å². The molecule has 0 spiro atoms. The summed E-state index contributed by atoms with van der Waals surface area (Å²) in [7, 11) is 0. The number of nitrogens with one attached hydrogen (secondary N) is 2. The molecule has 2 N–H and O–H groups in total. The standard InChI is InChI=1S/C16H11N5O3/c22-15(13-9-11(21-24-13)10-5-2-1-3-6-10)18-16-17-14(19-20-16)12-7-4-8-23-12/h1-9H,(H2,17,18,19,20,22). The van der Waals surface area contributed by atoms with Gasteiger partial charge in [0.2, 0.25) is 11.7 Å². The van der Waals surface area contributed by atoms with Crippen LogP contribution in [0.3, 0.4) is 0 Å². The molecule has 3 heterocycles. The number of rotatable bonds is 4. The van der Waals surface area contributed by atoms with Crippen molar-refractivity contribution in [1.82, 2.24) is 20.3 Å². The number of aromatic nitrogens is 4. The Bertz CT molecular complexity index is 957. The summed E-state index contributed by atoms with van der Waals surface area (Å²) in [6, 6.07) is 14.4. The predicted molar refractivity (Wildman–Crippen MR) is 84.0 cm³/mol. The van der Waals surface area contributed by atoms with E-state index in [1.54, 1.807) is 18.2 Å². The van der Waals surface area contributed by atoms with Crippen LogP contribution < -0.4 is 5.32 Å². The van der Waals surface area contributed by atoms with E-state index >= 15 is 0 Å². The van der Waals surface area contributed by atoms with Crippen LogP contribution in [0, 0.1) is 0 Å². The Kier molecular flexibility index (Phi) is 3.39. The minimum absolute atomic E-state index is 0.0678. The normalized spacial score (nSPS) is 10.7. The smallest absolute Gasteiger partial charge is 0.296 e. The van der Waals surface area contributed by atoms with Crippen LogP contribution in [0.25, 0.3) is 22.8 Å². The summed E-state index contributed by atoms with van der Waals surface area (Å²) < 4.78 is 10.3. The molecule has 1 aromatic carbocycles. The molecule has 8 nitrogen and oxygen atoms in total. The van der Waals surface area contributed by atoms with E-state index in [9.17, 15) is 4.79 Å². The van der Waals surface area contributed by atoms with Crippen molar-refractivity contribution in [3.63, 3.8) is 0 Å². The monoisotopic (exact) mass is 321 g/mol. The van der Waals surface area contributed by atoms with E-state index in [1.807, 2.05) is 30.3 Å². The molecule has 3 aromatic heterocycles. The van der Waals surface area contributed by atoms with Crippen LogP contribution in [0.2, 0.25) is 0 Å². The molecule has 118 valence electrons. The number of carbonyl (C=O) groups is 1. The van der Waals surface area contributed by atoms with Crippen molar-refractivity contribution in [2.24, 2.45) is 0 Å². The number of hydrogen-bond acceptors (Lipinski definition) is 6. The lowest BCUT2D eigenvalue weighted by molar-refractivity contribution is 0.0987. The molecule has 0 fully saturated rings. The Hall–Kier alpha value is -3.68. The predicted octanol–water partition coefficient (Wildman–Crippen LogP) is 2.97. The third-order valence-electron chi connectivity index (χ3n) is 3.27. The van der Waals surface area contributed by atoms with E-state index in [4.69, 9.17) is 8.94 Å². The summed E-state index contributed by atoms with van der Waals surface area (Å²) in [5, 5.41) is 13.0. The van der Waals surface area contributed by atoms with E-state index in [-0.39, 0.29) is 11.7 Å². The minimum atomic E-state index is -0.491. The third kappa shape index (κ3) is 2.68. The van der Waals surface area contributed by atoms with Crippen molar-refractivity contribution in [2.45, 2.75) is 0 Å². The van der Waals surface area contributed by atoms with E-state index in [0.29, 0.717) is 17.3 Å². The summed E-state index contributed by atoms with van der Waals surface area (Å²) in [5.74, 6) is 0.629. The van der Waals surface area contributed by atoms with Gasteiger partial charge in [-0.15, -0.1) is 5.10 Å². The second-order valence-electron chi connectivity index (χ2n) is 4.88. The number of carbonyl (C=O) groups excluding carboxylic acids is 1. The minimum Gasteiger partial charge on any atom is -0.461 e. The maximum absolute atomic E-state index is 12.2. The molecule has 0 radical (unpaired) electrons. The number of anilines is 1. The molecule has 4 aromatic rings. The maximum Gasteiger partial charge on any atom is 0.296 e. The Morgan fingerprint density at radius 1 is 1.12 bits per heavy atom. The lowest BCUT2D eigenvalue weighted by atomic mass is 10.1. The van der Waals surface area contributed by atoms with Gasteiger partial charge in [0.15, 0.2) is 11.6 Å². The first-order chi connectivity index (χ1) is 11.8. The second kappa shape index (κ2) is 5.84. The Balaban J connectivity index is 1.50. The van der Waals surface area contributed by atoms with Gasteiger partial charge in [-0.1, -0.05) is 35.5 Å². The van der Waals surface area contributed by atoms with Crippen LogP contribution in [0.4, 0.5) is 5.95 Å². The first kappa shape index (κ1) is 13.9. The SMILES string of the molecule is O=C(Nc1n[nH]c(-c2ccco2)n1)c1cc(-c2ccccc2)no1. The molecule has 24 heavy (non-hydrogen) atoms. The zero-order valence-corrected chi connectivity index (χ0v) is 12.3.